The Balaban J connectivity index is 1.90. The van der Waals surface area contributed by atoms with Crippen molar-refractivity contribution in [2.75, 3.05) is 13.2 Å². The first-order valence-electron chi connectivity index (χ1n) is 7.20. The Morgan fingerprint density at radius 3 is 2.48 bits per heavy atom. The number of amides is 3. The van der Waals surface area contributed by atoms with Gasteiger partial charge in [-0.1, -0.05) is 24.3 Å². The first kappa shape index (κ1) is 17.1. The van der Waals surface area contributed by atoms with Crippen molar-refractivity contribution in [1.29, 1.82) is 0 Å². The van der Waals surface area contributed by atoms with E-state index < -0.39 is 43.5 Å². The molecule has 0 spiro atoms. The number of benzene rings is 1. The van der Waals surface area contributed by atoms with Crippen LogP contribution in [0.15, 0.2) is 24.3 Å². The molecule has 23 heavy (non-hydrogen) atoms. The van der Waals surface area contributed by atoms with Gasteiger partial charge in [0.25, 0.3) is 5.92 Å². The zero-order valence-corrected chi connectivity index (χ0v) is 12.5. The number of nitrogens with one attached hydrogen (secondary N) is 1. The lowest BCUT2D eigenvalue weighted by atomic mass is 10.1. The molecule has 0 bridgehead atoms. The van der Waals surface area contributed by atoms with E-state index in [1.807, 2.05) is 0 Å². The number of likely N-dealkylation sites (tertiary alicyclic amines) is 1. The summed E-state index contributed by atoms with van der Waals surface area (Å²) in [6.45, 7) is -1.03. The number of alkyl halides is 2. The second kappa shape index (κ2) is 6.91. The maximum Gasteiger partial charge on any atom is 0.318 e. The molecule has 8 heteroatoms. The van der Waals surface area contributed by atoms with Crippen molar-refractivity contribution >= 4 is 11.9 Å². The molecule has 1 aliphatic heterocycles. The van der Waals surface area contributed by atoms with Crippen molar-refractivity contribution in [3.05, 3.63) is 35.4 Å². The highest BCUT2D eigenvalue weighted by Crippen LogP contribution is 2.31. The summed E-state index contributed by atoms with van der Waals surface area (Å²) in [5, 5.41) is 11.7. The Morgan fingerprint density at radius 1 is 1.30 bits per heavy atom. The average Bonchev–Trinajstić information content (AvgIpc) is 2.81. The third kappa shape index (κ3) is 4.62. The van der Waals surface area contributed by atoms with Gasteiger partial charge < -0.3 is 21.1 Å². The van der Waals surface area contributed by atoms with Gasteiger partial charge in [0.05, 0.1) is 25.6 Å². The van der Waals surface area contributed by atoms with Gasteiger partial charge >= 0.3 is 6.03 Å². The molecule has 0 radical (unpaired) electrons. The van der Waals surface area contributed by atoms with Crippen LogP contribution in [-0.2, 0) is 17.8 Å². The van der Waals surface area contributed by atoms with Gasteiger partial charge in [-0.25, -0.2) is 13.6 Å². The lowest BCUT2D eigenvalue weighted by Crippen LogP contribution is -2.44. The largest absolute Gasteiger partial charge is 0.394 e. The van der Waals surface area contributed by atoms with E-state index in [2.05, 4.69) is 5.32 Å². The first-order valence-corrected chi connectivity index (χ1v) is 7.20. The third-order valence-electron chi connectivity index (χ3n) is 3.69. The number of primary amides is 1. The number of hydrogen-bond acceptors (Lipinski definition) is 3. The van der Waals surface area contributed by atoms with Crippen LogP contribution in [0.2, 0.25) is 0 Å². The second-order valence-corrected chi connectivity index (χ2v) is 5.64. The molecule has 1 saturated heterocycles. The summed E-state index contributed by atoms with van der Waals surface area (Å²) in [6, 6.07) is 5.37. The van der Waals surface area contributed by atoms with Crippen molar-refractivity contribution in [3.8, 4) is 0 Å². The Kier molecular flexibility index (Phi) is 5.15. The van der Waals surface area contributed by atoms with Crippen LogP contribution in [0.25, 0.3) is 0 Å². The molecule has 1 heterocycles. The predicted molar refractivity (Wildman–Crippen MR) is 78.7 cm³/mol. The summed E-state index contributed by atoms with van der Waals surface area (Å²) in [6.07, 6.45) is -0.396. The molecule has 1 aliphatic rings. The third-order valence-corrected chi connectivity index (χ3v) is 3.69. The molecule has 1 fully saturated rings. The number of aliphatic hydroxyl groups is 1. The fourth-order valence-corrected chi connectivity index (χ4v) is 2.55. The highest BCUT2D eigenvalue weighted by molar-refractivity contribution is 5.76. The van der Waals surface area contributed by atoms with E-state index in [9.17, 15) is 18.4 Å². The summed E-state index contributed by atoms with van der Waals surface area (Å²) >= 11 is 0. The number of hydrogen-bond donors (Lipinski definition) is 3. The average molecular weight is 327 g/mol. The fraction of sp³-hybridized carbons (Fsp3) is 0.467. The van der Waals surface area contributed by atoms with E-state index in [4.69, 9.17) is 10.8 Å². The highest BCUT2D eigenvalue weighted by Gasteiger charge is 2.46. The zero-order chi connectivity index (χ0) is 17.0. The fourth-order valence-electron chi connectivity index (χ4n) is 2.55. The number of halogens is 2. The molecule has 3 amide bonds. The molecule has 4 N–H and O–H groups in total. The van der Waals surface area contributed by atoms with E-state index in [0.717, 1.165) is 16.0 Å². The van der Waals surface area contributed by atoms with Crippen LogP contribution in [0.1, 0.15) is 17.5 Å². The minimum Gasteiger partial charge on any atom is -0.394 e. The number of urea groups is 1. The topological polar surface area (TPSA) is 95.7 Å². The van der Waals surface area contributed by atoms with Gasteiger partial charge in [-0.05, 0) is 11.1 Å². The predicted octanol–water partition coefficient (Wildman–Crippen LogP) is 0.626. The molecular weight excluding hydrogens is 308 g/mol. The first-order chi connectivity index (χ1) is 10.8. The van der Waals surface area contributed by atoms with Gasteiger partial charge in [0.1, 0.15) is 0 Å². The number of carbonyl (C=O) groups is 2. The summed E-state index contributed by atoms with van der Waals surface area (Å²) in [4.78, 5) is 23.8. The van der Waals surface area contributed by atoms with Gasteiger partial charge in [-0.3, -0.25) is 4.79 Å². The van der Waals surface area contributed by atoms with Crippen LogP contribution in [0.4, 0.5) is 13.6 Å². The number of carbonyl (C=O) groups excluding carboxylic acids is 2. The Hall–Kier alpha value is -2.22. The summed E-state index contributed by atoms with van der Waals surface area (Å²) in [5.41, 5.74) is 6.61. The summed E-state index contributed by atoms with van der Waals surface area (Å²) < 4.78 is 26.7. The van der Waals surface area contributed by atoms with Crippen molar-refractivity contribution in [3.63, 3.8) is 0 Å². The van der Waals surface area contributed by atoms with E-state index in [1.54, 1.807) is 24.3 Å². The molecule has 1 atom stereocenters. The van der Waals surface area contributed by atoms with Crippen LogP contribution in [0, 0.1) is 0 Å². The molecule has 2 rings (SSSR count). The standard InChI is InChI=1S/C15H19F2N3O3/c16-15(17)6-12(8-21)20(9-15)14(23)19-7-11-3-1-10(2-4-11)5-13(18)22/h1-4,12,21H,5-9H2,(H2,18,22)(H,19,23). The Labute approximate surface area is 132 Å². The monoisotopic (exact) mass is 327 g/mol. The van der Waals surface area contributed by atoms with Crippen LogP contribution < -0.4 is 11.1 Å². The molecule has 0 aromatic heterocycles. The zero-order valence-electron chi connectivity index (χ0n) is 12.5. The molecule has 0 aliphatic carbocycles. The number of aliphatic hydroxyl groups excluding tert-OH is 1. The van der Waals surface area contributed by atoms with Crippen LogP contribution in [0.5, 0.6) is 0 Å². The van der Waals surface area contributed by atoms with E-state index in [0.29, 0.717) is 0 Å². The normalized spacial score (nSPS) is 19.6. The minimum absolute atomic E-state index is 0.133. The van der Waals surface area contributed by atoms with Crippen molar-refractivity contribution in [2.45, 2.75) is 31.4 Å². The van der Waals surface area contributed by atoms with Gasteiger partial charge in [-0.15, -0.1) is 0 Å². The quantitative estimate of drug-likeness (QED) is 0.740. The second-order valence-electron chi connectivity index (χ2n) is 5.64. The molecule has 126 valence electrons. The molecular formula is C15H19F2N3O3. The van der Waals surface area contributed by atoms with Crippen LogP contribution in [-0.4, -0.2) is 47.1 Å². The number of nitrogens with zero attached hydrogens (tertiary/aromatic N) is 1. The van der Waals surface area contributed by atoms with Gasteiger partial charge in [0.15, 0.2) is 0 Å². The molecule has 1 aromatic rings. The van der Waals surface area contributed by atoms with E-state index >= 15 is 0 Å². The smallest absolute Gasteiger partial charge is 0.318 e. The van der Waals surface area contributed by atoms with E-state index in [1.165, 1.54) is 0 Å². The van der Waals surface area contributed by atoms with Crippen molar-refractivity contribution < 1.29 is 23.5 Å². The van der Waals surface area contributed by atoms with Crippen molar-refractivity contribution in [2.24, 2.45) is 5.73 Å². The van der Waals surface area contributed by atoms with Crippen molar-refractivity contribution in [1.82, 2.24) is 10.2 Å². The lowest BCUT2D eigenvalue weighted by molar-refractivity contribution is -0.117. The Morgan fingerprint density at radius 2 is 1.91 bits per heavy atom. The van der Waals surface area contributed by atoms with Gasteiger partial charge in [-0.2, -0.15) is 0 Å². The van der Waals surface area contributed by atoms with E-state index in [-0.39, 0.29) is 13.0 Å². The minimum atomic E-state index is -2.97. The van der Waals surface area contributed by atoms with Gasteiger partial charge in [0.2, 0.25) is 5.91 Å². The maximum atomic E-state index is 13.3. The molecule has 1 unspecified atom stereocenters. The van der Waals surface area contributed by atoms with Gasteiger partial charge in [0, 0.05) is 13.0 Å². The summed E-state index contributed by atoms with van der Waals surface area (Å²) in [7, 11) is 0. The molecule has 0 saturated carbocycles. The molecule has 6 nitrogen and oxygen atoms in total. The molecule has 1 aromatic carbocycles. The Bertz CT molecular complexity index is 578. The lowest BCUT2D eigenvalue weighted by Gasteiger charge is -2.22. The summed E-state index contributed by atoms with van der Waals surface area (Å²) in [5.74, 6) is -3.41. The maximum absolute atomic E-state index is 13.3. The van der Waals surface area contributed by atoms with Crippen LogP contribution in [0.3, 0.4) is 0 Å². The number of rotatable bonds is 5. The SMILES string of the molecule is NC(=O)Cc1ccc(CNC(=O)N2CC(F)(F)CC2CO)cc1. The van der Waals surface area contributed by atoms with Crippen LogP contribution >= 0.6 is 0 Å². The number of nitrogens with two attached hydrogens (primary N) is 1. The highest BCUT2D eigenvalue weighted by atomic mass is 19.3.